The lowest BCUT2D eigenvalue weighted by molar-refractivity contribution is -0.121. The maximum atomic E-state index is 12.6. The summed E-state index contributed by atoms with van der Waals surface area (Å²) in [7, 11) is 0. The minimum Gasteiger partial charge on any atom is -0.494 e. The van der Waals surface area contributed by atoms with E-state index in [0.717, 1.165) is 11.3 Å². The van der Waals surface area contributed by atoms with Gasteiger partial charge < -0.3 is 10.1 Å². The van der Waals surface area contributed by atoms with E-state index in [1.165, 1.54) is 4.90 Å². The zero-order chi connectivity index (χ0) is 16.9. The summed E-state index contributed by atoms with van der Waals surface area (Å²) < 4.78 is 5.39. The molecular weight excluding hydrogens is 304 g/mol. The van der Waals surface area contributed by atoms with E-state index in [9.17, 15) is 9.59 Å². The van der Waals surface area contributed by atoms with Crippen molar-refractivity contribution >= 4 is 17.5 Å². The summed E-state index contributed by atoms with van der Waals surface area (Å²) in [4.78, 5) is 26.1. The molecule has 0 spiro atoms. The van der Waals surface area contributed by atoms with Crippen LogP contribution in [0, 0.1) is 0 Å². The predicted octanol–water partition coefficient (Wildman–Crippen LogP) is 2.51. The third-order valence-electron chi connectivity index (χ3n) is 3.95. The number of hydrogen-bond donors (Lipinski definition) is 1. The van der Waals surface area contributed by atoms with Crippen molar-refractivity contribution in [3.05, 3.63) is 60.2 Å². The molecule has 0 aliphatic carbocycles. The number of imide groups is 1. The third kappa shape index (κ3) is 3.46. The number of carbonyl (C=O) groups excluding carboxylic acids is 2. The second-order valence-corrected chi connectivity index (χ2v) is 5.62. The first kappa shape index (κ1) is 16.2. The lowest BCUT2D eigenvalue weighted by Gasteiger charge is -2.16. The third-order valence-corrected chi connectivity index (χ3v) is 3.95. The normalized spacial score (nSPS) is 17.4. The first-order valence-corrected chi connectivity index (χ1v) is 8.06. The van der Waals surface area contributed by atoms with Gasteiger partial charge in [-0.3, -0.25) is 9.59 Å². The van der Waals surface area contributed by atoms with E-state index in [1.54, 1.807) is 24.3 Å². The second-order valence-electron chi connectivity index (χ2n) is 5.62. The van der Waals surface area contributed by atoms with Crippen LogP contribution < -0.4 is 15.0 Å². The van der Waals surface area contributed by atoms with E-state index in [-0.39, 0.29) is 18.2 Å². The van der Waals surface area contributed by atoms with Crippen LogP contribution >= 0.6 is 0 Å². The molecule has 1 aliphatic rings. The van der Waals surface area contributed by atoms with Gasteiger partial charge in [-0.1, -0.05) is 30.3 Å². The largest absolute Gasteiger partial charge is 0.494 e. The molecule has 1 fully saturated rings. The van der Waals surface area contributed by atoms with Crippen LogP contribution in [0.5, 0.6) is 5.75 Å². The standard InChI is InChI=1S/C19H20N2O3/c1-2-24-16-10-8-15(9-11-16)21-18(22)12-17(19(21)23)20-13-14-6-4-3-5-7-14/h3-11,17,20H,2,12-13H2,1H3/t17-/m0/s1. The average molecular weight is 324 g/mol. The lowest BCUT2D eigenvalue weighted by atomic mass is 10.2. The number of ether oxygens (including phenoxy) is 1. The van der Waals surface area contributed by atoms with Crippen LogP contribution in [0.2, 0.25) is 0 Å². The molecule has 24 heavy (non-hydrogen) atoms. The van der Waals surface area contributed by atoms with Gasteiger partial charge in [0, 0.05) is 6.54 Å². The van der Waals surface area contributed by atoms with Crippen molar-refractivity contribution in [3.8, 4) is 5.75 Å². The Labute approximate surface area is 141 Å². The summed E-state index contributed by atoms with van der Waals surface area (Å²) in [5.41, 5.74) is 1.66. The monoisotopic (exact) mass is 324 g/mol. The summed E-state index contributed by atoms with van der Waals surface area (Å²) in [6.07, 6.45) is 0.179. The summed E-state index contributed by atoms with van der Waals surface area (Å²) in [5.74, 6) is 0.328. The van der Waals surface area contributed by atoms with Gasteiger partial charge in [-0.2, -0.15) is 0 Å². The van der Waals surface area contributed by atoms with Gasteiger partial charge in [0.2, 0.25) is 5.91 Å². The van der Waals surface area contributed by atoms with Crippen molar-refractivity contribution in [3.63, 3.8) is 0 Å². The van der Waals surface area contributed by atoms with E-state index in [1.807, 2.05) is 37.3 Å². The van der Waals surface area contributed by atoms with Gasteiger partial charge in [-0.25, -0.2) is 4.90 Å². The lowest BCUT2D eigenvalue weighted by Crippen LogP contribution is -2.38. The fraction of sp³-hybridized carbons (Fsp3) is 0.263. The highest BCUT2D eigenvalue weighted by Gasteiger charge is 2.39. The highest BCUT2D eigenvalue weighted by Crippen LogP contribution is 2.25. The van der Waals surface area contributed by atoms with Crippen molar-refractivity contribution in [2.75, 3.05) is 11.5 Å². The Hall–Kier alpha value is -2.66. The number of nitrogens with zero attached hydrogens (tertiary/aromatic N) is 1. The Kier molecular flexibility index (Phi) is 4.91. The van der Waals surface area contributed by atoms with Gasteiger partial charge >= 0.3 is 0 Å². The fourth-order valence-corrected chi connectivity index (χ4v) is 2.76. The molecule has 0 saturated carbocycles. The maximum Gasteiger partial charge on any atom is 0.251 e. The number of carbonyl (C=O) groups is 2. The molecule has 5 heteroatoms. The Bertz CT molecular complexity index is 713. The van der Waals surface area contributed by atoms with Crippen molar-refractivity contribution < 1.29 is 14.3 Å². The van der Waals surface area contributed by atoms with Gasteiger partial charge in [-0.05, 0) is 36.8 Å². The van der Waals surface area contributed by atoms with Crippen LogP contribution in [-0.4, -0.2) is 24.5 Å². The van der Waals surface area contributed by atoms with Gasteiger partial charge in [0.05, 0.1) is 24.8 Å². The summed E-state index contributed by atoms with van der Waals surface area (Å²) >= 11 is 0. The van der Waals surface area contributed by atoms with Crippen LogP contribution in [-0.2, 0) is 16.1 Å². The molecule has 5 nitrogen and oxygen atoms in total. The van der Waals surface area contributed by atoms with Crippen LogP contribution in [0.25, 0.3) is 0 Å². The number of anilines is 1. The number of rotatable bonds is 6. The quantitative estimate of drug-likeness (QED) is 0.830. The number of hydrogen-bond acceptors (Lipinski definition) is 4. The molecule has 0 unspecified atom stereocenters. The molecule has 1 aliphatic heterocycles. The van der Waals surface area contributed by atoms with E-state index in [0.29, 0.717) is 18.8 Å². The molecule has 0 bridgehead atoms. The molecular formula is C19H20N2O3. The van der Waals surface area contributed by atoms with Crippen LogP contribution in [0.3, 0.4) is 0 Å². The van der Waals surface area contributed by atoms with Crippen LogP contribution in [0.4, 0.5) is 5.69 Å². The summed E-state index contributed by atoms with van der Waals surface area (Å²) in [6, 6.07) is 16.3. The fourth-order valence-electron chi connectivity index (χ4n) is 2.76. The maximum absolute atomic E-state index is 12.6. The van der Waals surface area contributed by atoms with E-state index in [4.69, 9.17) is 4.74 Å². The van der Waals surface area contributed by atoms with Crippen molar-refractivity contribution in [2.24, 2.45) is 0 Å². The summed E-state index contributed by atoms with van der Waals surface area (Å²) in [5, 5.41) is 3.17. The minimum atomic E-state index is -0.482. The highest BCUT2D eigenvalue weighted by molar-refractivity contribution is 6.22. The van der Waals surface area contributed by atoms with Gasteiger partial charge in [0.1, 0.15) is 5.75 Å². The van der Waals surface area contributed by atoms with Crippen LogP contribution in [0.15, 0.2) is 54.6 Å². The molecule has 2 amide bonds. The van der Waals surface area contributed by atoms with Crippen molar-refractivity contribution in [1.29, 1.82) is 0 Å². The van der Waals surface area contributed by atoms with Crippen molar-refractivity contribution in [2.45, 2.75) is 25.9 Å². The zero-order valence-electron chi connectivity index (χ0n) is 13.6. The van der Waals surface area contributed by atoms with E-state index >= 15 is 0 Å². The molecule has 1 saturated heterocycles. The predicted molar refractivity (Wildman–Crippen MR) is 91.8 cm³/mol. The molecule has 2 aromatic rings. The Morgan fingerprint density at radius 1 is 1.08 bits per heavy atom. The zero-order valence-corrected chi connectivity index (χ0v) is 13.6. The summed E-state index contributed by atoms with van der Waals surface area (Å²) in [6.45, 7) is 3.04. The molecule has 124 valence electrons. The van der Waals surface area contributed by atoms with E-state index < -0.39 is 6.04 Å². The molecule has 1 heterocycles. The molecule has 0 radical (unpaired) electrons. The molecule has 3 rings (SSSR count). The molecule has 0 aromatic heterocycles. The first-order chi connectivity index (χ1) is 11.7. The van der Waals surface area contributed by atoms with Gasteiger partial charge in [0.25, 0.3) is 5.91 Å². The smallest absolute Gasteiger partial charge is 0.251 e. The van der Waals surface area contributed by atoms with Crippen LogP contribution in [0.1, 0.15) is 18.9 Å². The van der Waals surface area contributed by atoms with Gasteiger partial charge in [0.15, 0.2) is 0 Å². The number of benzene rings is 2. The second kappa shape index (κ2) is 7.27. The minimum absolute atomic E-state index is 0.179. The first-order valence-electron chi connectivity index (χ1n) is 8.06. The Morgan fingerprint density at radius 3 is 2.46 bits per heavy atom. The highest BCUT2D eigenvalue weighted by atomic mass is 16.5. The molecule has 1 atom stereocenters. The van der Waals surface area contributed by atoms with Crippen molar-refractivity contribution in [1.82, 2.24) is 5.32 Å². The number of amides is 2. The average Bonchev–Trinajstić information content (AvgIpc) is 2.89. The SMILES string of the molecule is CCOc1ccc(N2C(=O)C[C@H](NCc3ccccc3)C2=O)cc1. The van der Waals surface area contributed by atoms with E-state index in [2.05, 4.69) is 5.32 Å². The Morgan fingerprint density at radius 2 is 1.79 bits per heavy atom. The number of nitrogens with one attached hydrogen (secondary N) is 1. The Balaban J connectivity index is 1.67. The molecule has 2 aromatic carbocycles. The molecule has 1 N–H and O–H groups in total. The topological polar surface area (TPSA) is 58.6 Å². The van der Waals surface area contributed by atoms with Gasteiger partial charge in [-0.15, -0.1) is 0 Å².